The van der Waals surface area contributed by atoms with Gasteiger partial charge in [0.05, 0.1) is 0 Å². The zero-order valence-electron chi connectivity index (χ0n) is 9.69. The van der Waals surface area contributed by atoms with Crippen molar-refractivity contribution in [3.63, 3.8) is 0 Å². The monoisotopic (exact) mass is 210 g/mol. The summed E-state index contributed by atoms with van der Waals surface area (Å²) in [6.07, 6.45) is 0. The summed E-state index contributed by atoms with van der Waals surface area (Å²) in [4.78, 5) is 19.1. The van der Waals surface area contributed by atoms with Gasteiger partial charge in [-0.2, -0.15) is 4.89 Å². The molecule has 0 aliphatic rings. The predicted octanol–water partition coefficient (Wildman–Crippen LogP) is 2.97. The molecule has 3 nitrogen and oxygen atoms in total. The molecule has 0 bridgehead atoms. The fraction of sp³-hybridized carbons (Fsp3) is 0.417. The van der Waals surface area contributed by atoms with Crippen LogP contribution >= 0.6 is 0 Å². The highest BCUT2D eigenvalue weighted by molar-refractivity contribution is 5.65. The van der Waals surface area contributed by atoms with E-state index in [1.165, 1.54) is 6.92 Å². The van der Waals surface area contributed by atoms with E-state index in [0.717, 1.165) is 0 Å². The molecule has 0 saturated carbocycles. The number of hydrogen-bond acceptors (Lipinski definition) is 3. The molecular weight excluding hydrogens is 192 g/mol. The lowest BCUT2D eigenvalue weighted by atomic mass is 10.2. The van der Waals surface area contributed by atoms with Crippen LogP contribution in [0.25, 0.3) is 0 Å². The van der Waals surface area contributed by atoms with Gasteiger partial charge in [-0.05, 0) is 20.8 Å². The van der Waals surface area contributed by atoms with Gasteiger partial charge < -0.3 is 0 Å². The van der Waals surface area contributed by atoms with Crippen LogP contribution in [-0.4, -0.2) is 11.6 Å². The van der Waals surface area contributed by atoms with Crippen LogP contribution in [0.3, 0.4) is 0 Å². The summed E-state index contributed by atoms with van der Waals surface area (Å²) in [6.45, 7) is 6.70. The average molecular weight is 210 g/mol. The standard InChI is InChI=1S/C6H12O3.C6H6/c1-5(7)8-9-6(2,3)4;1-2-4-6-5-3-1/h1-4H3;1-6H. The van der Waals surface area contributed by atoms with Crippen molar-refractivity contribution in [2.45, 2.75) is 33.3 Å². The average Bonchev–Trinajstić information content (AvgIpc) is 2.18. The minimum Gasteiger partial charge on any atom is -0.298 e. The predicted molar refractivity (Wildman–Crippen MR) is 59.0 cm³/mol. The summed E-state index contributed by atoms with van der Waals surface area (Å²) in [6, 6.07) is 12.0. The van der Waals surface area contributed by atoms with Crippen molar-refractivity contribution in [3.05, 3.63) is 36.4 Å². The maximum Gasteiger partial charge on any atom is 0.339 e. The minimum atomic E-state index is -0.426. The molecule has 0 atom stereocenters. The van der Waals surface area contributed by atoms with Gasteiger partial charge in [0.1, 0.15) is 5.60 Å². The van der Waals surface area contributed by atoms with E-state index in [-0.39, 0.29) is 0 Å². The lowest BCUT2D eigenvalue weighted by molar-refractivity contribution is -0.318. The fourth-order valence-electron chi connectivity index (χ4n) is 0.569. The zero-order chi connectivity index (χ0) is 11.7. The molecule has 0 N–H and O–H groups in total. The Morgan fingerprint density at radius 3 is 1.40 bits per heavy atom. The molecule has 3 heteroatoms. The van der Waals surface area contributed by atoms with Gasteiger partial charge in [-0.1, -0.05) is 36.4 Å². The first-order valence-electron chi connectivity index (χ1n) is 4.78. The normalized spacial score (nSPS) is 9.87. The Hall–Kier alpha value is -1.35. The van der Waals surface area contributed by atoms with Crippen molar-refractivity contribution in [2.75, 3.05) is 0 Å². The van der Waals surface area contributed by atoms with Gasteiger partial charge in [-0.15, -0.1) is 0 Å². The molecule has 0 radical (unpaired) electrons. The number of carbonyl (C=O) groups is 1. The van der Waals surface area contributed by atoms with E-state index < -0.39 is 11.6 Å². The van der Waals surface area contributed by atoms with Gasteiger partial charge in [0.2, 0.25) is 0 Å². The van der Waals surface area contributed by atoms with E-state index in [0.29, 0.717) is 0 Å². The van der Waals surface area contributed by atoms with Gasteiger partial charge in [-0.3, -0.25) is 4.89 Å². The molecule has 1 aromatic carbocycles. The van der Waals surface area contributed by atoms with Crippen LogP contribution in [0, 0.1) is 0 Å². The van der Waals surface area contributed by atoms with Crippen LogP contribution < -0.4 is 0 Å². The Balaban J connectivity index is 0.000000280. The van der Waals surface area contributed by atoms with Crippen LogP contribution in [0.4, 0.5) is 0 Å². The first kappa shape index (κ1) is 13.7. The summed E-state index contributed by atoms with van der Waals surface area (Å²) in [5.74, 6) is -0.426. The van der Waals surface area contributed by atoms with Crippen molar-refractivity contribution < 1.29 is 14.6 Å². The third kappa shape index (κ3) is 12.6. The molecule has 84 valence electrons. The second-order valence-electron chi connectivity index (χ2n) is 3.93. The lowest BCUT2D eigenvalue weighted by Crippen LogP contribution is -2.20. The Bertz CT molecular complexity index is 235. The first-order valence-corrected chi connectivity index (χ1v) is 4.78. The minimum absolute atomic E-state index is 0.411. The molecule has 0 spiro atoms. The van der Waals surface area contributed by atoms with Gasteiger partial charge in [0.15, 0.2) is 0 Å². The quantitative estimate of drug-likeness (QED) is 0.528. The van der Waals surface area contributed by atoms with E-state index in [2.05, 4.69) is 9.78 Å². The van der Waals surface area contributed by atoms with E-state index >= 15 is 0 Å². The zero-order valence-corrected chi connectivity index (χ0v) is 9.69. The Morgan fingerprint density at radius 1 is 0.933 bits per heavy atom. The summed E-state index contributed by atoms with van der Waals surface area (Å²) >= 11 is 0. The number of rotatable bonds is 1. The molecule has 1 rings (SSSR count). The Morgan fingerprint density at radius 2 is 1.27 bits per heavy atom. The summed E-state index contributed by atoms with van der Waals surface area (Å²) in [5.41, 5.74) is -0.411. The molecule has 1 aromatic rings. The number of carbonyl (C=O) groups excluding carboxylic acids is 1. The summed E-state index contributed by atoms with van der Waals surface area (Å²) in [5, 5.41) is 0. The highest BCUT2D eigenvalue weighted by Gasteiger charge is 2.12. The maximum absolute atomic E-state index is 10.1. The lowest BCUT2D eigenvalue weighted by Gasteiger charge is -2.15. The molecule has 0 fully saturated rings. The van der Waals surface area contributed by atoms with E-state index in [9.17, 15) is 4.79 Å². The second kappa shape index (κ2) is 7.01. The van der Waals surface area contributed by atoms with Crippen LogP contribution in [0.2, 0.25) is 0 Å². The topological polar surface area (TPSA) is 35.5 Å². The molecule has 0 aromatic heterocycles. The first-order chi connectivity index (χ1) is 6.92. The molecule has 0 aliphatic carbocycles. The second-order valence-corrected chi connectivity index (χ2v) is 3.93. The Kier molecular flexibility index (Phi) is 6.38. The van der Waals surface area contributed by atoms with Crippen LogP contribution in [-0.2, 0) is 14.6 Å². The van der Waals surface area contributed by atoms with E-state index in [4.69, 9.17) is 0 Å². The van der Waals surface area contributed by atoms with Crippen molar-refractivity contribution >= 4 is 5.97 Å². The third-order valence-corrected chi connectivity index (χ3v) is 1.08. The smallest absolute Gasteiger partial charge is 0.298 e. The molecule has 0 saturated heterocycles. The Labute approximate surface area is 90.9 Å². The summed E-state index contributed by atoms with van der Waals surface area (Å²) < 4.78 is 0. The van der Waals surface area contributed by atoms with Gasteiger partial charge >= 0.3 is 5.97 Å². The SMILES string of the molecule is CC(=O)OOC(C)(C)C.c1ccccc1. The third-order valence-electron chi connectivity index (χ3n) is 1.08. The molecule has 15 heavy (non-hydrogen) atoms. The van der Waals surface area contributed by atoms with Crippen LogP contribution in [0.5, 0.6) is 0 Å². The van der Waals surface area contributed by atoms with Crippen LogP contribution in [0.15, 0.2) is 36.4 Å². The van der Waals surface area contributed by atoms with Gasteiger partial charge in [0.25, 0.3) is 0 Å². The fourth-order valence-corrected chi connectivity index (χ4v) is 0.569. The number of benzene rings is 1. The van der Waals surface area contributed by atoms with E-state index in [1.54, 1.807) is 20.8 Å². The number of hydrogen-bond donors (Lipinski definition) is 0. The summed E-state index contributed by atoms with van der Waals surface area (Å²) in [7, 11) is 0. The highest BCUT2D eigenvalue weighted by atomic mass is 17.2. The van der Waals surface area contributed by atoms with Crippen molar-refractivity contribution in [3.8, 4) is 0 Å². The molecule has 0 aliphatic heterocycles. The largest absolute Gasteiger partial charge is 0.339 e. The molecule has 0 amide bonds. The van der Waals surface area contributed by atoms with Crippen LogP contribution in [0.1, 0.15) is 27.7 Å². The molecule has 0 unspecified atom stereocenters. The maximum atomic E-state index is 10.1. The van der Waals surface area contributed by atoms with Gasteiger partial charge in [-0.25, -0.2) is 4.79 Å². The van der Waals surface area contributed by atoms with Crippen molar-refractivity contribution in [1.29, 1.82) is 0 Å². The van der Waals surface area contributed by atoms with Crippen molar-refractivity contribution in [1.82, 2.24) is 0 Å². The molecule has 0 heterocycles. The van der Waals surface area contributed by atoms with Gasteiger partial charge in [0, 0.05) is 6.92 Å². The molecular formula is C12H18O3. The van der Waals surface area contributed by atoms with E-state index in [1.807, 2.05) is 36.4 Å². The highest BCUT2D eigenvalue weighted by Crippen LogP contribution is 2.06. The van der Waals surface area contributed by atoms with Crippen molar-refractivity contribution in [2.24, 2.45) is 0 Å².